The lowest BCUT2D eigenvalue weighted by Crippen LogP contribution is -2.23. The van der Waals surface area contributed by atoms with Gasteiger partial charge in [0.15, 0.2) is 0 Å². The van der Waals surface area contributed by atoms with Gasteiger partial charge in [0.25, 0.3) is 5.91 Å². The Morgan fingerprint density at radius 1 is 0.920 bits per heavy atom. The summed E-state index contributed by atoms with van der Waals surface area (Å²) in [6.07, 6.45) is 6.70. The molecule has 0 spiro atoms. The van der Waals surface area contributed by atoms with Crippen molar-refractivity contribution in [1.82, 2.24) is 15.3 Å². The third kappa shape index (κ3) is 4.88. The van der Waals surface area contributed by atoms with Gasteiger partial charge in [0.1, 0.15) is 0 Å². The van der Waals surface area contributed by atoms with Crippen molar-refractivity contribution >= 4 is 11.6 Å². The summed E-state index contributed by atoms with van der Waals surface area (Å²) >= 11 is 0. The highest BCUT2D eigenvalue weighted by Crippen LogP contribution is 2.11. The molecular weight excluding hydrogens is 312 g/mol. The van der Waals surface area contributed by atoms with Gasteiger partial charge in [-0.2, -0.15) is 0 Å². The predicted octanol–water partition coefficient (Wildman–Crippen LogP) is 3.33. The van der Waals surface area contributed by atoms with Crippen molar-refractivity contribution in [2.45, 2.75) is 20.0 Å². The van der Waals surface area contributed by atoms with E-state index in [-0.39, 0.29) is 5.91 Å². The molecule has 1 aromatic carbocycles. The van der Waals surface area contributed by atoms with Crippen molar-refractivity contribution < 1.29 is 4.79 Å². The van der Waals surface area contributed by atoms with Crippen LogP contribution in [-0.4, -0.2) is 15.9 Å². The van der Waals surface area contributed by atoms with Crippen LogP contribution in [0.1, 0.15) is 27.0 Å². The Balaban J connectivity index is 1.58. The maximum absolute atomic E-state index is 12.3. The summed E-state index contributed by atoms with van der Waals surface area (Å²) in [6.45, 7) is 3.21. The van der Waals surface area contributed by atoms with Gasteiger partial charge in [-0.3, -0.25) is 14.8 Å². The third-order valence-corrected chi connectivity index (χ3v) is 3.82. The minimum atomic E-state index is -0.150. The highest BCUT2D eigenvalue weighted by molar-refractivity contribution is 5.94. The van der Waals surface area contributed by atoms with Crippen molar-refractivity contribution in [2.75, 3.05) is 5.32 Å². The molecule has 25 heavy (non-hydrogen) atoms. The molecule has 0 bridgehead atoms. The number of rotatable bonds is 6. The standard InChI is InChI=1S/C20H20N4O/c1-15-2-4-16(5-3-15)11-23-19-10-18(13-22-14-19)20(25)24-12-17-6-8-21-9-7-17/h2-10,13-14,23H,11-12H2,1H3,(H,24,25). The van der Waals surface area contributed by atoms with E-state index in [9.17, 15) is 4.79 Å². The van der Waals surface area contributed by atoms with Crippen LogP contribution < -0.4 is 10.6 Å². The first-order valence-corrected chi connectivity index (χ1v) is 8.12. The number of aryl methyl sites for hydroxylation is 1. The number of hydrogen-bond donors (Lipinski definition) is 2. The monoisotopic (exact) mass is 332 g/mol. The molecule has 2 aromatic heterocycles. The Morgan fingerprint density at radius 2 is 1.64 bits per heavy atom. The summed E-state index contributed by atoms with van der Waals surface area (Å²) in [4.78, 5) is 20.4. The molecule has 0 fully saturated rings. The number of nitrogens with zero attached hydrogens (tertiary/aromatic N) is 2. The average Bonchev–Trinajstić information content (AvgIpc) is 2.67. The minimum Gasteiger partial charge on any atom is -0.380 e. The highest BCUT2D eigenvalue weighted by atomic mass is 16.1. The molecule has 126 valence electrons. The number of nitrogens with one attached hydrogen (secondary N) is 2. The summed E-state index contributed by atoms with van der Waals surface area (Å²) in [7, 11) is 0. The molecule has 0 unspecified atom stereocenters. The van der Waals surface area contributed by atoms with Crippen LogP contribution in [0.3, 0.4) is 0 Å². The molecule has 0 aliphatic heterocycles. The number of hydrogen-bond acceptors (Lipinski definition) is 4. The van der Waals surface area contributed by atoms with Crippen molar-refractivity contribution in [3.63, 3.8) is 0 Å². The van der Waals surface area contributed by atoms with E-state index in [1.807, 2.05) is 18.2 Å². The molecule has 5 heteroatoms. The fraction of sp³-hybridized carbons (Fsp3) is 0.150. The number of amides is 1. The van der Waals surface area contributed by atoms with E-state index in [1.165, 1.54) is 11.1 Å². The fourth-order valence-electron chi connectivity index (χ4n) is 2.36. The Kier molecular flexibility index (Phi) is 5.36. The van der Waals surface area contributed by atoms with Crippen molar-refractivity contribution in [3.05, 3.63) is 89.5 Å². The molecule has 5 nitrogen and oxygen atoms in total. The van der Waals surface area contributed by atoms with Crippen LogP contribution in [0.25, 0.3) is 0 Å². The number of benzene rings is 1. The van der Waals surface area contributed by atoms with E-state index in [2.05, 4.69) is 51.8 Å². The molecule has 0 radical (unpaired) electrons. The van der Waals surface area contributed by atoms with E-state index in [0.717, 1.165) is 11.3 Å². The number of pyridine rings is 2. The zero-order valence-corrected chi connectivity index (χ0v) is 14.1. The summed E-state index contributed by atoms with van der Waals surface area (Å²) < 4.78 is 0. The maximum Gasteiger partial charge on any atom is 0.253 e. The lowest BCUT2D eigenvalue weighted by atomic mass is 10.1. The molecule has 2 N–H and O–H groups in total. The molecule has 0 atom stereocenters. The quantitative estimate of drug-likeness (QED) is 0.726. The van der Waals surface area contributed by atoms with Crippen LogP contribution >= 0.6 is 0 Å². The van der Waals surface area contributed by atoms with Crippen LogP contribution in [0.15, 0.2) is 67.3 Å². The summed E-state index contributed by atoms with van der Waals surface area (Å²) in [5.41, 5.74) is 4.77. The molecule has 0 saturated carbocycles. The largest absolute Gasteiger partial charge is 0.380 e. The zero-order chi connectivity index (χ0) is 17.5. The molecular formula is C20H20N4O. The Bertz CT molecular complexity index is 832. The first kappa shape index (κ1) is 16.6. The second-order valence-corrected chi connectivity index (χ2v) is 5.84. The minimum absolute atomic E-state index is 0.150. The summed E-state index contributed by atoms with van der Waals surface area (Å²) in [5, 5.41) is 6.19. The van der Waals surface area contributed by atoms with Gasteiger partial charge in [-0.05, 0) is 36.2 Å². The number of carbonyl (C=O) groups excluding carboxylic acids is 1. The first-order chi connectivity index (χ1) is 12.2. The van der Waals surface area contributed by atoms with Gasteiger partial charge >= 0.3 is 0 Å². The SMILES string of the molecule is Cc1ccc(CNc2cncc(C(=O)NCc3ccncc3)c2)cc1. The molecule has 2 heterocycles. The van der Waals surface area contributed by atoms with Crippen LogP contribution in [-0.2, 0) is 13.1 Å². The van der Waals surface area contributed by atoms with Crippen LogP contribution in [0.4, 0.5) is 5.69 Å². The molecule has 3 aromatic rings. The second-order valence-electron chi connectivity index (χ2n) is 5.84. The highest BCUT2D eigenvalue weighted by Gasteiger charge is 2.07. The van der Waals surface area contributed by atoms with E-state index in [1.54, 1.807) is 24.8 Å². The molecule has 1 amide bonds. The third-order valence-electron chi connectivity index (χ3n) is 3.82. The fourth-order valence-corrected chi connectivity index (χ4v) is 2.36. The molecule has 0 aliphatic rings. The Morgan fingerprint density at radius 3 is 2.40 bits per heavy atom. The smallest absolute Gasteiger partial charge is 0.253 e. The number of aromatic nitrogens is 2. The second kappa shape index (κ2) is 8.06. The van der Waals surface area contributed by atoms with Crippen molar-refractivity contribution in [1.29, 1.82) is 0 Å². The lowest BCUT2D eigenvalue weighted by Gasteiger charge is -2.09. The Labute approximate surface area is 147 Å². The molecule has 3 rings (SSSR count). The van der Waals surface area contributed by atoms with E-state index < -0.39 is 0 Å². The van der Waals surface area contributed by atoms with Gasteiger partial charge in [0, 0.05) is 37.9 Å². The topological polar surface area (TPSA) is 66.9 Å². The van der Waals surface area contributed by atoms with Crippen LogP contribution in [0, 0.1) is 6.92 Å². The van der Waals surface area contributed by atoms with Crippen molar-refractivity contribution in [3.8, 4) is 0 Å². The predicted molar refractivity (Wildman–Crippen MR) is 98.1 cm³/mol. The summed E-state index contributed by atoms with van der Waals surface area (Å²) in [6, 6.07) is 13.9. The van der Waals surface area contributed by atoms with Gasteiger partial charge in [-0.15, -0.1) is 0 Å². The van der Waals surface area contributed by atoms with Crippen LogP contribution in [0.2, 0.25) is 0 Å². The number of carbonyl (C=O) groups is 1. The van der Waals surface area contributed by atoms with Gasteiger partial charge in [-0.1, -0.05) is 29.8 Å². The number of anilines is 1. The maximum atomic E-state index is 12.3. The molecule has 0 saturated heterocycles. The average molecular weight is 332 g/mol. The molecule has 0 aliphatic carbocycles. The van der Waals surface area contributed by atoms with E-state index in [4.69, 9.17) is 0 Å². The van der Waals surface area contributed by atoms with Gasteiger partial charge in [0.2, 0.25) is 0 Å². The van der Waals surface area contributed by atoms with Crippen molar-refractivity contribution in [2.24, 2.45) is 0 Å². The van der Waals surface area contributed by atoms with Crippen LogP contribution in [0.5, 0.6) is 0 Å². The first-order valence-electron chi connectivity index (χ1n) is 8.12. The zero-order valence-electron chi connectivity index (χ0n) is 14.1. The Hall–Kier alpha value is -3.21. The summed E-state index contributed by atoms with van der Waals surface area (Å²) in [5.74, 6) is -0.150. The van der Waals surface area contributed by atoms with E-state index >= 15 is 0 Å². The van der Waals surface area contributed by atoms with Gasteiger partial charge in [0.05, 0.1) is 11.3 Å². The normalized spacial score (nSPS) is 10.3. The van der Waals surface area contributed by atoms with E-state index in [0.29, 0.717) is 18.7 Å². The lowest BCUT2D eigenvalue weighted by molar-refractivity contribution is 0.0950. The van der Waals surface area contributed by atoms with Gasteiger partial charge in [-0.25, -0.2) is 0 Å². The van der Waals surface area contributed by atoms with Gasteiger partial charge < -0.3 is 10.6 Å².